The highest BCUT2D eigenvalue weighted by atomic mass is 32.2. The van der Waals surface area contributed by atoms with Gasteiger partial charge in [0, 0.05) is 19.7 Å². The number of nitrogens with zero attached hydrogens (tertiary/aromatic N) is 1. The molecule has 0 radical (unpaired) electrons. The summed E-state index contributed by atoms with van der Waals surface area (Å²) in [6.07, 6.45) is -1.43. The van der Waals surface area contributed by atoms with Crippen LogP contribution in [-0.2, 0) is 24.4 Å². The normalized spacial score (nSPS) is 12.1. The molecular weight excluding hydrogens is 414 g/mol. The maximum absolute atomic E-state index is 12.7. The third-order valence-electron chi connectivity index (χ3n) is 3.99. The molecule has 0 fully saturated rings. The fourth-order valence-corrected chi connectivity index (χ4v) is 3.37. The number of urea groups is 1. The van der Waals surface area contributed by atoms with Gasteiger partial charge >= 0.3 is 12.0 Å². The van der Waals surface area contributed by atoms with Crippen LogP contribution in [0.15, 0.2) is 59.5 Å². The van der Waals surface area contributed by atoms with Crippen LogP contribution in [0, 0.1) is 0 Å². The quantitative estimate of drug-likeness (QED) is 0.494. The summed E-state index contributed by atoms with van der Waals surface area (Å²) < 4.78 is 30.7. The maximum Gasteiger partial charge on any atom is 0.339 e. The maximum atomic E-state index is 12.7. The number of esters is 1. The van der Waals surface area contributed by atoms with Gasteiger partial charge in [0.15, 0.2) is 0 Å². The molecule has 1 unspecified atom stereocenters. The summed E-state index contributed by atoms with van der Waals surface area (Å²) in [5.41, 5.74) is 0.226. The number of carbonyl (C=O) groups is 3. The highest BCUT2D eigenvalue weighted by Gasteiger charge is 2.28. The smallest absolute Gasteiger partial charge is 0.339 e. The molecule has 0 aromatic heterocycles. The zero-order valence-electron chi connectivity index (χ0n) is 16.5. The van der Waals surface area contributed by atoms with Gasteiger partial charge < -0.3 is 10.1 Å². The van der Waals surface area contributed by atoms with Crippen LogP contribution in [0.4, 0.5) is 4.79 Å². The Balaban J connectivity index is 2.33. The number of hydroxylamine groups is 1. The van der Waals surface area contributed by atoms with Gasteiger partial charge in [0.2, 0.25) is 6.10 Å². The van der Waals surface area contributed by atoms with Crippen molar-refractivity contribution in [2.24, 2.45) is 0 Å². The molecule has 10 nitrogen and oxygen atoms in total. The predicted octanol–water partition coefficient (Wildman–Crippen LogP) is 1.22. The van der Waals surface area contributed by atoms with E-state index in [0.717, 1.165) is 6.07 Å². The number of amides is 3. The van der Waals surface area contributed by atoms with Crippen molar-refractivity contribution in [3.05, 3.63) is 65.7 Å². The first kappa shape index (κ1) is 23.0. The van der Waals surface area contributed by atoms with Crippen LogP contribution in [0.25, 0.3) is 0 Å². The van der Waals surface area contributed by atoms with Crippen molar-refractivity contribution in [3.63, 3.8) is 0 Å². The lowest BCUT2D eigenvalue weighted by Gasteiger charge is -2.18. The van der Waals surface area contributed by atoms with Crippen LogP contribution in [0.3, 0.4) is 0 Å². The van der Waals surface area contributed by atoms with Gasteiger partial charge in [-0.2, -0.15) is 0 Å². The molecule has 2 rings (SSSR count). The number of imide groups is 1. The highest BCUT2D eigenvalue weighted by Crippen LogP contribution is 2.22. The molecule has 0 bridgehead atoms. The number of sulfonamides is 1. The Labute approximate surface area is 173 Å². The Kier molecular flexibility index (Phi) is 7.64. The van der Waals surface area contributed by atoms with E-state index in [9.17, 15) is 22.8 Å². The molecule has 0 aliphatic rings. The largest absolute Gasteiger partial charge is 0.444 e. The number of nitrogens with one attached hydrogen (secondary N) is 2. The van der Waals surface area contributed by atoms with E-state index in [0.29, 0.717) is 10.0 Å². The van der Waals surface area contributed by atoms with Gasteiger partial charge in [-0.25, -0.2) is 18.0 Å². The third-order valence-corrected chi connectivity index (χ3v) is 5.67. The predicted molar refractivity (Wildman–Crippen MR) is 106 cm³/mol. The van der Waals surface area contributed by atoms with Gasteiger partial charge in [-0.3, -0.25) is 14.9 Å². The van der Waals surface area contributed by atoms with Gasteiger partial charge in [-0.05, 0) is 18.2 Å². The zero-order valence-corrected chi connectivity index (χ0v) is 17.3. The van der Waals surface area contributed by atoms with Crippen molar-refractivity contribution >= 4 is 27.9 Å². The first-order chi connectivity index (χ1) is 14.2. The van der Waals surface area contributed by atoms with Gasteiger partial charge in [0.1, 0.15) is 0 Å². The second kappa shape index (κ2) is 9.96. The van der Waals surface area contributed by atoms with Crippen molar-refractivity contribution in [3.8, 4) is 0 Å². The zero-order chi connectivity index (χ0) is 22.3. The molecule has 2 aromatic carbocycles. The Morgan fingerprint density at radius 3 is 2.30 bits per heavy atom. The lowest BCUT2D eigenvalue weighted by Crippen LogP contribution is -2.41. The average Bonchev–Trinajstić information content (AvgIpc) is 2.76. The molecule has 0 aliphatic carbocycles. The number of hydrogen-bond acceptors (Lipinski definition) is 7. The number of carbonyl (C=O) groups excluding carboxylic acids is 3. The molecule has 1 atom stereocenters. The molecule has 0 saturated heterocycles. The minimum absolute atomic E-state index is 0.103. The van der Waals surface area contributed by atoms with Gasteiger partial charge in [0.05, 0.1) is 17.6 Å². The van der Waals surface area contributed by atoms with E-state index in [-0.39, 0.29) is 10.5 Å². The van der Waals surface area contributed by atoms with Crippen molar-refractivity contribution in [2.75, 3.05) is 21.2 Å². The van der Waals surface area contributed by atoms with Crippen LogP contribution < -0.4 is 10.6 Å². The molecule has 160 valence electrons. The summed E-state index contributed by atoms with van der Waals surface area (Å²) in [7, 11) is -0.273. The monoisotopic (exact) mass is 435 g/mol. The third kappa shape index (κ3) is 5.41. The van der Waals surface area contributed by atoms with Crippen LogP contribution in [0.1, 0.15) is 22.0 Å². The van der Waals surface area contributed by atoms with E-state index in [1.807, 2.05) is 0 Å². The fraction of sp³-hybridized carbons (Fsp3) is 0.211. The second-order valence-electron chi connectivity index (χ2n) is 5.89. The topological polar surface area (TPSA) is 131 Å². The molecule has 0 saturated carbocycles. The van der Waals surface area contributed by atoms with Crippen molar-refractivity contribution in [2.45, 2.75) is 11.0 Å². The summed E-state index contributed by atoms with van der Waals surface area (Å²) in [5, 5.41) is 4.29. The highest BCUT2D eigenvalue weighted by molar-refractivity contribution is 7.89. The molecule has 3 amide bonds. The summed E-state index contributed by atoms with van der Waals surface area (Å²) >= 11 is 0. The molecule has 0 aliphatic heterocycles. The number of hydrogen-bond donors (Lipinski definition) is 2. The van der Waals surface area contributed by atoms with E-state index in [1.165, 1.54) is 39.4 Å². The Morgan fingerprint density at radius 2 is 1.70 bits per heavy atom. The van der Waals surface area contributed by atoms with Crippen molar-refractivity contribution in [1.29, 1.82) is 0 Å². The average molecular weight is 435 g/mol. The van der Waals surface area contributed by atoms with E-state index in [4.69, 9.17) is 9.57 Å². The number of benzene rings is 2. The lowest BCUT2D eigenvalue weighted by molar-refractivity contribution is -0.129. The summed E-state index contributed by atoms with van der Waals surface area (Å²) in [5.74, 6) is -1.81. The Hall–Kier alpha value is -3.28. The minimum Gasteiger partial charge on any atom is -0.444 e. The standard InChI is InChI=1S/C19H21N3O7S/c1-20-19(25)21-17(23)16(13-8-5-4-6-9-13)29-18(24)14-10-7-11-15(12-14)30(26,27)22(2)28-3/h4-12,16H,1-3H3,(H2,20,21,23,25). The van der Waals surface area contributed by atoms with Crippen molar-refractivity contribution in [1.82, 2.24) is 15.1 Å². The van der Waals surface area contributed by atoms with Crippen LogP contribution in [0.5, 0.6) is 0 Å². The molecular formula is C19H21N3O7S. The molecule has 2 N–H and O–H groups in total. The summed E-state index contributed by atoms with van der Waals surface area (Å²) in [6.45, 7) is 0. The first-order valence-corrected chi connectivity index (χ1v) is 10.1. The first-order valence-electron chi connectivity index (χ1n) is 8.62. The van der Waals surface area contributed by atoms with Crippen LogP contribution in [0.2, 0.25) is 0 Å². The SMILES string of the molecule is CNC(=O)NC(=O)C(OC(=O)c1cccc(S(=O)(=O)N(C)OC)c1)c1ccccc1. The lowest BCUT2D eigenvalue weighted by atomic mass is 10.1. The number of rotatable bonds is 7. The van der Waals surface area contributed by atoms with E-state index in [1.54, 1.807) is 30.3 Å². The second-order valence-corrected chi connectivity index (χ2v) is 7.83. The molecule has 0 heterocycles. The van der Waals surface area contributed by atoms with Crippen LogP contribution >= 0.6 is 0 Å². The van der Waals surface area contributed by atoms with Gasteiger partial charge in [0.25, 0.3) is 15.9 Å². The van der Waals surface area contributed by atoms with Gasteiger partial charge in [-0.1, -0.05) is 40.9 Å². The van der Waals surface area contributed by atoms with E-state index >= 15 is 0 Å². The fourth-order valence-electron chi connectivity index (χ4n) is 2.35. The number of ether oxygens (including phenoxy) is 1. The van der Waals surface area contributed by atoms with Crippen LogP contribution in [-0.4, -0.2) is 52.0 Å². The molecule has 30 heavy (non-hydrogen) atoms. The van der Waals surface area contributed by atoms with E-state index in [2.05, 4.69) is 10.6 Å². The molecule has 11 heteroatoms. The van der Waals surface area contributed by atoms with Gasteiger partial charge in [-0.15, -0.1) is 0 Å². The Bertz CT molecular complexity index is 1030. The minimum atomic E-state index is -3.99. The molecule has 0 spiro atoms. The molecule has 2 aromatic rings. The Morgan fingerprint density at radius 1 is 1.03 bits per heavy atom. The van der Waals surface area contributed by atoms with Crippen molar-refractivity contribution < 1.29 is 32.4 Å². The summed E-state index contributed by atoms with van der Waals surface area (Å²) in [6, 6.07) is 12.4. The van der Waals surface area contributed by atoms with E-state index < -0.39 is 34.0 Å². The summed E-state index contributed by atoms with van der Waals surface area (Å²) in [4.78, 5) is 41.1.